The summed E-state index contributed by atoms with van der Waals surface area (Å²) in [6, 6.07) is 44.4. The third kappa shape index (κ3) is 8.02. The van der Waals surface area contributed by atoms with Gasteiger partial charge in [-0.1, -0.05) is 163 Å². The normalized spacial score (nSPS) is 15.1. The quantitative estimate of drug-likeness (QED) is 0.0976. The summed E-state index contributed by atoms with van der Waals surface area (Å²) >= 11 is 0. The highest BCUT2D eigenvalue weighted by Crippen LogP contribution is 2.71. The van der Waals surface area contributed by atoms with Gasteiger partial charge >= 0.3 is 0 Å². The molecule has 0 radical (unpaired) electrons. The Morgan fingerprint density at radius 3 is 0.932 bits per heavy atom. The molecule has 0 spiro atoms. The molecule has 0 fully saturated rings. The molecule has 0 aliphatic heterocycles. The molecule has 4 rings (SSSR count). The second kappa shape index (κ2) is 13.9. The molecular weight excluding hydrogens is 603 g/mol. The molecular formula is C38H50N2P2Si2. The first-order valence-corrected chi connectivity index (χ1v) is 24.9. The van der Waals surface area contributed by atoms with Gasteiger partial charge in [0.05, 0.1) is 10.9 Å². The highest BCUT2D eigenvalue weighted by atomic mass is 32.1. The summed E-state index contributed by atoms with van der Waals surface area (Å²) < 4.78 is 11.9. The largest absolute Gasteiger partial charge is 0.320 e. The number of hydrogen-bond donors (Lipinski definition) is 0. The Morgan fingerprint density at radius 1 is 0.432 bits per heavy atom. The van der Waals surface area contributed by atoms with Gasteiger partial charge in [0.15, 0.2) is 16.5 Å². The lowest BCUT2D eigenvalue weighted by molar-refractivity contribution is 0.719. The van der Waals surface area contributed by atoms with Crippen molar-refractivity contribution in [1.82, 2.24) is 0 Å². The standard InChI is InChI=1S/C38H50N2P2Si2/c1-37(2,3)43(7,8)39-35(31-23-15-11-16-24-31)41(33-27-19-13-20-28-33)42(34-29-21-14-22-30-34)36(32-25-17-12-18-26-32)40-44(9,10)38(4,5)6/h11-30H,1-10H3/b39-35+,40-36+. The van der Waals surface area contributed by atoms with E-state index in [1.165, 1.54) is 32.6 Å². The van der Waals surface area contributed by atoms with Crippen LogP contribution in [0.4, 0.5) is 0 Å². The fourth-order valence-corrected chi connectivity index (χ4v) is 16.4. The van der Waals surface area contributed by atoms with Gasteiger partial charge in [0.2, 0.25) is 0 Å². The van der Waals surface area contributed by atoms with Crippen molar-refractivity contribution in [2.24, 2.45) is 9.32 Å². The summed E-state index contributed by atoms with van der Waals surface area (Å²) in [5, 5.41) is 2.94. The van der Waals surface area contributed by atoms with Crippen molar-refractivity contribution in [3.05, 3.63) is 132 Å². The molecule has 230 valence electrons. The molecule has 0 bridgehead atoms. The van der Waals surface area contributed by atoms with Crippen LogP contribution in [-0.4, -0.2) is 27.4 Å². The van der Waals surface area contributed by atoms with Crippen LogP contribution in [0.1, 0.15) is 52.7 Å². The van der Waals surface area contributed by atoms with E-state index >= 15 is 0 Å². The topological polar surface area (TPSA) is 24.7 Å². The summed E-state index contributed by atoms with van der Waals surface area (Å²) in [6.45, 7) is 23.9. The Kier molecular flexibility index (Phi) is 10.8. The second-order valence-corrected chi connectivity index (χ2v) is 29.7. The minimum atomic E-state index is -2.10. The molecule has 0 aliphatic rings. The first-order valence-electron chi connectivity index (χ1n) is 15.6. The Labute approximate surface area is 271 Å². The van der Waals surface area contributed by atoms with Gasteiger partial charge in [0.1, 0.15) is 0 Å². The summed E-state index contributed by atoms with van der Waals surface area (Å²) in [5.74, 6) is 0. The maximum Gasteiger partial charge on any atom is 0.181 e. The first-order chi connectivity index (χ1) is 20.6. The Morgan fingerprint density at radius 2 is 0.682 bits per heavy atom. The van der Waals surface area contributed by atoms with Gasteiger partial charge in [-0.05, 0) is 58.0 Å². The number of hydrogen-bond acceptors (Lipinski definition) is 2. The van der Waals surface area contributed by atoms with E-state index in [0.29, 0.717) is 0 Å². The van der Waals surface area contributed by atoms with Crippen LogP contribution in [0.5, 0.6) is 0 Å². The van der Waals surface area contributed by atoms with Gasteiger partial charge in [0, 0.05) is 15.2 Å². The molecule has 4 aromatic rings. The van der Waals surface area contributed by atoms with Crippen molar-refractivity contribution in [2.75, 3.05) is 0 Å². The lowest BCUT2D eigenvalue weighted by Gasteiger charge is -2.39. The number of benzene rings is 4. The average molecular weight is 653 g/mol. The van der Waals surface area contributed by atoms with Crippen molar-refractivity contribution in [3.8, 4) is 0 Å². The summed E-state index contributed by atoms with van der Waals surface area (Å²) in [6.07, 6.45) is 0. The summed E-state index contributed by atoms with van der Waals surface area (Å²) in [7, 11) is -6.12. The van der Waals surface area contributed by atoms with Crippen LogP contribution in [0.3, 0.4) is 0 Å². The van der Waals surface area contributed by atoms with Crippen molar-refractivity contribution in [2.45, 2.75) is 77.8 Å². The molecule has 0 heterocycles. The molecule has 4 aromatic carbocycles. The Balaban J connectivity index is 2.18. The van der Waals surface area contributed by atoms with Crippen molar-refractivity contribution in [3.63, 3.8) is 0 Å². The monoisotopic (exact) mass is 652 g/mol. The lowest BCUT2D eigenvalue weighted by atomic mass is 10.2. The highest BCUT2D eigenvalue weighted by Gasteiger charge is 2.42. The van der Waals surface area contributed by atoms with Crippen LogP contribution in [-0.2, 0) is 0 Å². The molecule has 0 amide bonds. The second-order valence-electron chi connectivity index (χ2n) is 14.5. The van der Waals surface area contributed by atoms with E-state index in [0.717, 1.165) is 0 Å². The summed E-state index contributed by atoms with van der Waals surface area (Å²) in [4.78, 5) is 0. The zero-order valence-electron chi connectivity index (χ0n) is 28.3. The lowest BCUT2D eigenvalue weighted by Crippen LogP contribution is -2.37. The predicted molar refractivity (Wildman–Crippen MR) is 206 cm³/mol. The van der Waals surface area contributed by atoms with E-state index in [1.54, 1.807) is 0 Å². The minimum Gasteiger partial charge on any atom is -0.320 e. The van der Waals surface area contributed by atoms with E-state index in [2.05, 4.69) is 189 Å². The van der Waals surface area contributed by atoms with Crippen molar-refractivity contribution >= 4 is 53.2 Å². The maximum absolute atomic E-state index is 5.95. The first kappa shape index (κ1) is 34.4. The van der Waals surface area contributed by atoms with Gasteiger partial charge in [-0.3, -0.25) is 0 Å². The van der Waals surface area contributed by atoms with E-state index < -0.39 is 31.7 Å². The van der Waals surface area contributed by atoms with Gasteiger partial charge in [0.25, 0.3) is 0 Å². The highest BCUT2D eigenvalue weighted by molar-refractivity contribution is 8.48. The molecule has 0 aliphatic carbocycles. The van der Waals surface area contributed by atoms with Gasteiger partial charge in [-0.25, -0.2) is 0 Å². The fraction of sp³-hybridized carbons (Fsp3) is 0.316. The third-order valence-corrected chi connectivity index (χ3v) is 25.6. The molecule has 2 atom stereocenters. The van der Waals surface area contributed by atoms with Crippen molar-refractivity contribution in [1.29, 1.82) is 0 Å². The van der Waals surface area contributed by atoms with Gasteiger partial charge < -0.3 is 9.32 Å². The van der Waals surface area contributed by atoms with Crippen LogP contribution in [0.25, 0.3) is 0 Å². The molecule has 2 unspecified atom stereocenters. The zero-order valence-corrected chi connectivity index (χ0v) is 32.1. The zero-order chi connectivity index (χ0) is 32.2. The van der Waals surface area contributed by atoms with Gasteiger partial charge in [-0.2, -0.15) is 0 Å². The van der Waals surface area contributed by atoms with E-state index in [9.17, 15) is 0 Å². The Bertz CT molecular complexity index is 1430. The fourth-order valence-electron chi connectivity index (χ4n) is 4.31. The van der Waals surface area contributed by atoms with Crippen LogP contribution in [0.15, 0.2) is 131 Å². The summed E-state index contributed by atoms with van der Waals surface area (Å²) in [5.41, 5.74) is 4.98. The van der Waals surface area contributed by atoms with Gasteiger partial charge in [-0.15, -0.1) is 0 Å². The van der Waals surface area contributed by atoms with Crippen LogP contribution < -0.4 is 10.6 Å². The number of rotatable bonds is 9. The molecule has 0 saturated heterocycles. The smallest absolute Gasteiger partial charge is 0.181 e. The third-order valence-electron chi connectivity index (χ3n) is 9.11. The van der Waals surface area contributed by atoms with Crippen LogP contribution in [0.2, 0.25) is 36.3 Å². The Hall–Kier alpha value is -2.49. The molecule has 6 heteroatoms. The number of nitrogens with zero attached hydrogens (tertiary/aromatic N) is 2. The van der Waals surface area contributed by atoms with Crippen molar-refractivity contribution < 1.29 is 0 Å². The molecule has 0 saturated carbocycles. The van der Waals surface area contributed by atoms with E-state index in [-0.39, 0.29) is 10.1 Å². The SMILES string of the molecule is CC(C)(C)[Si](C)(C)/N=C(\c1ccccc1)P(c1ccccc1)P(/C(=N/[Si](C)(C)C(C)(C)C)c1ccccc1)c1ccccc1. The van der Waals surface area contributed by atoms with Crippen LogP contribution in [0, 0.1) is 0 Å². The molecule has 0 aromatic heterocycles. The van der Waals surface area contributed by atoms with Crippen LogP contribution >= 0.6 is 15.2 Å². The predicted octanol–water partition coefficient (Wildman–Crippen LogP) is 11.4. The van der Waals surface area contributed by atoms with E-state index in [1.807, 2.05) is 0 Å². The van der Waals surface area contributed by atoms with E-state index in [4.69, 9.17) is 9.32 Å². The molecule has 0 N–H and O–H groups in total. The average Bonchev–Trinajstić information content (AvgIpc) is 2.98. The minimum absolute atomic E-state index is 0.109. The molecule has 2 nitrogen and oxygen atoms in total. The maximum atomic E-state index is 5.95. The molecule has 44 heavy (non-hydrogen) atoms.